The van der Waals surface area contributed by atoms with E-state index >= 15 is 0 Å². The highest BCUT2D eigenvalue weighted by Crippen LogP contribution is 2.21. The zero-order valence-electron chi connectivity index (χ0n) is 9.73. The van der Waals surface area contributed by atoms with E-state index in [-0.39, 0.29) is 23.1 Å². The molecule has 0 bridgehead atoms. The van der Waals surface area contributed by atoms with Crippen LogP contribution in [0.15, 0.2) is 18.2 Å². The highest BCUT2D eigenvalue weighted by Gasteiger charge is 2.11. The minimum Gasteiger partial charge on any atom is -0.507 e. The molecule has 0 aromatic heterocycles. The van der Waals surface area contributed by atoms with E-state index in [4.69, 9.17) is 5.11 Å². The van der Waals surface area contributed by atoms with Gasteiger partial charge in [0.1, 0.15) is 11.3 Å². The van der Waals surface area contributed by atoms with Crippen molar-refractivity contribution in [2.75, 3.05) is 5.32 Å². The number of rotatable bonds is 4. The molecular formula is C12H15NO4. The van der Waals surface area contributed by atoms with Crippen LogP contribution in [-0.4, -0.2) is 22.1 Å². The van der Waals surface area contributed by atoms with Gasteiger partial charge in [0, 0.05) is 12.1 Å². The quantitative estimate of drug-likeness (QED) is 0.700. The first-order chi connectivity index (χ1) is 7.90. The first kappa shape index (κ1) is 13.0. The fraction of sp³-hybridized carbons (Fsp3) is 0.333. The van der Waals surface area contributed by atoms with Gasteiger partial charge in [0.05, 0.1) is 0 Å². The Bertz CT molecular complexity index is 440. The summed E-state index contributed by atoms with van der Waals surface area (Å²) in [4.78, 5) is 22.2. The van der Waals surface area contributed by atoms with E-state index in [2.05, 4.69) is 5.32 Å². The van der Waals surface area contributed by atoms with Crippen molar-refractivity contribution in [1.29, 1.82) is 0 Å². The Hall–Kier alpha value is -2.04. The molecule has 0 spiro atoms. The molecule has 5 heteroatoms. The van der Waals surface area contributed by atoms with Gasteiger partial charge in [0.15, 0.2) is 0 Å². The highest BCUT2D eigenvalue weighted by molar-refractivity contribution is 5.95. The van der Waals surface area contributed by atoms with Crippen molar-refractivity contribution < 1.29 is 19.8 Å². The van der Waals surface area contributed by atoms with Crippen LogP contribution in [0.4, 0.5) is 5.69 Å². The fourth-order valence-electron chi connectivity index (χ4n) is 1.37. The molecule has 1 rings (SSSR count). The maximum Gasteiger partial charge on any atom is 0.339 e. The maximum absolute atomic E-state index is 11.5. The van der Waals surface area contributed by atoms with Crippen molar-refractivity contribution in [2.45, 2.75) is 20.3 Å². The Morgan fingerprint density at radius 2 is 2.00 bits per heavy atom. The molecule has 0 atom stereocenters. The smallest absolute Gasteiger partial charge is 0.339 e. The second-order valence-electron chi connectivity index (χ2n) is 4.18. The molecule has 0 heterocycles. The third kappa shape index (κ3) is 3.79. The van der Waals surface area contributed by atoms with Crippen LogP contribution in [0, 0.1) is 5.92 Å². The third-order valence-corrected chi connectivity index (χ3v) is 2.10. The summed E-state index contributed by atoms with van der Waals surface area (Å²) in [5, 5.41) is 20.7. The van der Waals surface area contributed by atoms with Crippen molar-refractivity contribution >= 4 is 17.6 Å². The van der Waals surface area contributed by atoms with Gasteiger partial charge in [-0.3, -0.25) is 4.79 Å². The van der Waals surface area contributed by atoms with Crippen LogP contribution in [0.3, 0.4) is 0 Å². The van der Waals surface area contributed by atoms with E-state index in [0.717, 1.165) is 0 Å². The Labute approximate surface area is 99.1 Å². The largest absolute Gasteiger partial charge is 0.507 e. The predicted octanol–water partition coefficient (Wildman–Crippen LogP) is 2.07. The molecule has 5 nitrogen and oxygen atoms in total. The first-order valence-electron chi connectivity index (χ1n) is 5.26. The van der Waals surface area contributed by atoms with Crippen molar-refractivity contribution in [2.24, 2.45) is 5.92 Å². The van der Waals surface area contributed by atoms with Gasteiger partial charge in [0.2, 0.25) is 5.91 Å². The summed E-state index contributed by atoms with van der Waals surface area (Å²) in [6.07, 6.45) is 0.364. The monoisotopic (exact) mass is 237 g/mol. The van der Waals surface area contributed by atoms with E-state index in [0.29, 0.717) is 12.1 Å². The number of phenols is 1. The van der Waals surface area contributed by atoms with Gasteiger partial charge in [-0.15, -0.1) is 0 Å². The van der Waals surface area contributed by atoms with Crippen molar-refractivity contribution in [3.8, 4) is 5.75 Å². The van der Waals surface area contributed by atoms with Crippen LogP contribution < -0.4 is 5.32 Å². The van der Waals surface area contributed by atoms with Gasteiger partial charge in [-0.2, -0.15) is 0 Å². The van der Waals surface area contributed by atoms with Gasteiger partial charge < -0.3 is 15.5 Å². The lowest BCUT2D eigenvalue weighted by molar-refractivity contribution is -0.116. The summed E-state index contributed by atoms with van der Waals surface area (Å²) in [5.74, 6) is -1.50. The third-order valence-electron chi connectivity index (χ3n) is 2.10. The molecule has 1 aromatic rings. The molecule has 92 valence electrons. The predicted molar refractivity (Wildman–Crippen MR) is 63.2 cm³/mol. The second-order valence-corrected chi connectivity index (χ2v) is 4.18. The molecule has 1 amide bonds. The minimum absolute atomic E-state index is 0.179. The zero-order valence-corrected chi connectivity index (χ0v) is 9.73. The summed E-state index contributed by atoms with van der Waals surface area (Å²) in [6.45, 7) is 3.83. The SMILES string of the molecule is CC(C)CC(=O)Nc1ccc(O)c(C(=O)O)c1. The van der Waals surface area contributed by atoms with Gasteiger partial charge >= 0.3 is 5.97 Å². The van der Waals surface area contributed by atoms with Crippen LogP contribution in [0.1, 0.15) is 30.6 Å². The average molecular weight is 237 g/mol. The summed E-state index contributed by atoms with van der Waals surface area (Å²) in [7, 11) is 0. The van der Waals surface area contributed by atoms with E-state index in [1.807, 2.05) is 13.8 Å². The number of nitrogens with one attached hydrogen (secondary N) is 1. The number of amides is 1. The number of carboxylic acids is 1. The van der Waals surface area contributed by atoms with Gasteiger partial charge in [-0.25, -0.2) is 4.79 Å². The van der Waals surface area contributed by atoms with Crippen LogP contribution in [0.25, 0.3) is 0 Å². The lowest BCUT2D eigenvalue weighted by Crippen LogP contribution is -2.14. The standard InChI is InChI=1S/C12H15NO4/c1-7(2)5-11(15)13-8-3-4-10(14)9(6-8)12(16)17/h3-4,6-7,14H,5H2,1-2H3,(H,13,15)(H,16,17). The molecule has 0 unspecified atom stereocenters. The lowest BCUT2D eigenvalue weighted by atomic mass is 10.1. The second kappa shape index (κ2) is 5.34. The van der Waals surface area contributed by atoms with Crippen LogP contribution in [0.2, 0.25) is 0 Å². The molecule has 0 radical (unpaired) electrons. The lowest BCUT2D eigenvalue weighted by Gasteiger charge is -2.08. The number of benzene rings is 1. The summed E-state index contributed by atoms with van der Waals surface area (Å²) in [5.41, 5.74) is 0.137. The number of carboxylic acid groups (broad SMARTS) is 1. The number of hydrogen-bond acceptors (Lipinski definition) is 3. The van der Waals surface area contributed by atoms with E-state index in [1.54, 1.807) is 0 Å². The average Bonchev–Trinajstić information content (AvgIpc) is 2.19. The van der Waals surface area contributed by atoms with Crippen molar-refractivity contribution in [3.63, 3.8) is 0 Å². The fourth-order valence-corrected chi connectivity index (χ4v) is 1.37. The molecule has 0 aliphatic heterocycles. The summed E-state index contributed by atoms with van der Waals surface area (Å²) >= 11 is 0. The molecule has 17 heavy (non-hydrogen) atoms. The Balaban J connectivity index is 2.82. The molecule has 0 saturated carbocycles. The Morgan fingerprint density at radius 1 is 1.35 bits per heavy atom. The number of aromatic carboxylic acids is 1. The first-order valence-corrected chi connectivity index (χ1v) is 5.26. The van der Waals surface area contributed by atoms with Crippen LogP contribution >= 0.6 is 0 Å². The Kier molecular flexibility index (Phi) is 4.09. The summed E-state index contributed by atoms with van der Waals surface area (Å²) in [6, 6.07) is 3.93. The Morgan fingerprint density at radius 3 is 2.53 bits per heavy atom. The number of hydrogen-bond donors (Lipinski definition) is 3. The highest BCUT2D eigenvalue weighted by atomic mass is 16.4. The number of carbonyl (C=O) groups excluding carboxylic acids is 1. The van der Waals surface area contributed by atoms with Gasteiger partial charge in [0.25, 0.3) is 0 Å². The van der Waals surface area contributed by atoms with Gasteiger partial charge in [-0.1, -0.05) is 13.8 Å². The maximum atomic E-state index is 11.5. The van der Waals surface area contributed by atoms with Crippen molar-refractivity contribution in [3.05, 3.63) is 23.8 Å². The van der Waals surface area contributed by atoms with Crippen LogP contribution in [0.5, 0.6) is 5.75 Å². The summed E-state index contributed by atoms with van der Waals surface area (Å²) < 4.78 is 0. The molecule has 0 aliphatic carbocycles. The van der Waals surface area contributed by atoms with E-state index in [9.17, 15) is 14.7 Å². The van der Waals surface area contributed by atoms with E-state index in [1.165, 1.54) is 18.2 Å². The molecular weight excluding hydrogens is 222 g/mol. The van der Waals surface area contributed by atoms with E-state index < -0.39 is 5.97 Å². The zero-order chi connectivity index (χ0) is 13.0. The number of anilines is 1. The number of carbonyl (C=O) groups is 2. The number of aromatic hydroxyl groups is 1. The minimum atomic E-state index is -1.23. The molecule has 1 aromatic carbocycles. The van der Waals surface area contributed by atoms with Crippen molar-refractivity contribution in [1.82, 2.24) is 0 Å². The van der Waals surface area contributed by atoms with Crippen LogP contribution in [-0.2, 0) is 4.79 Å². The molecule has 0 aliphatic rings. The normalized spacial score (nSPS) is 10.3. The van der Waals surface area contributed by atoms with Gasteiger partial charge in [-0.05, 0) is 24.1 Å². The molecule has 0 fully saturated rings. The molecule has 0 saturated heterocycles. The molecule has 3 N–H and O–H groups in total. The topological polar surface area (TPSA) is 86.6 Å².